The van der Waals surface area contributed by atoms with E-state index in [9.17, 15) is 28.1 Å². The first kappa shape index (κ1) is 26.7. The average Bonchev–Trinajstić information content (AvgIpc) is 3.49. The summed E-state index contributed by atoms with van der Waals surface area (Å²) in [6, 6.07) is 23.4. The molecule has 4 aromatic rings. The van der Waals surface area contributed by atoms with Crippen LogP contribution < -0.4 is 15.0 Å². The highest BCUT2D eigenvalue weighted by Crippen LogP contribution is 2.38. The van der Waals surface area contributed by atoms with Crippen LogP contribution in [0, 0.1) is 10.1 Å². The maximum atomic E-state index is 13.5. The number of alkyl halides is 3. The van der Waals surface area contributed by atoms with Gasteiger partial charge in [0.15, 0.2) is 5.75 Å². The van der Waals surface area contributed by atoms with E-state index in [-0.39, 0.29) is 22.7 Å². The highest BCUT2D eigenvalue weighted by Gasteiger charge is 2.32. The minimum Gasteiger partial charge on any atom is -0.455 e. The van der Waals surface area contributed by atoms with Gasteiger partial charge < -0.3 is 15.0 Å². The standard InChI is InChI=1S/C30H24F3N3O4/c31-30(32,33)23-11-15-28(40-24-12-8-21(9-13-24)20-6-2-1-3-7-20)25(19-23)34-29(37)22-10-14-26(27(18-22)36(38)39)35-16-4-5-17-35/h1-3,6-15,18-19H,4-5,16-17H2,(H,34,37). The van der Waals surface area contributed by atoms with Crippen LogP contribution in [0.4, 0.5) is 30.2 Å². The van der Waals surface area contributed by atoms with E-state index in [1.54, 1.807) is 12.1 Å². The number of amides is 1. The second-order valence-corrected chi connectivity index (χ2v) is 9.31. The van der Waals surface area contributed by atoms with E-state index in [4.69, 9.17) is 4.74 Å². The normalized spacial score (nSPS) is 13.2. The van der Waals surface area contributed by atoms with Crippen molar-refractivity contribution < 1.29 is 27.6 Å². The minimum absolute atomic E-state index is 0.0167. The first-order chi connectivity index (χ1) is 19.2. The van der Waals surface area contributed by atoms with E-state index in [1.807, 2.05) is 47.4 Å². The number of halogens is 3. The van der Waals surface area contributed by atoms with Gasteiger partial charge in [0.25, 0.3) is 11.6 Å². The van der Waals surface area contributed by atoms with E-state index >= 15 is 0 Å². The molecular formula is C30H24F3N3O4. The van der Waals surface area contributed by atoms with Gasteiger partial charge in [0, 0.05) is 24.7 Å². The molecule has 0 aliphatic carbocycles. The Morgan fingerprint density at radius 3 is 2.20 bits per heavy atom. The summed E-state index contributed by atoms with van der Waals surface area (Å²) in [6.45, 7) is 1.34. The van der Waals surface area contributed by atoms with Gasteiger partial charge >= 0.3 is 6.18 Å². The molecule has 0 aromatic heterocycles. The predicted molar refractivity (Wildman–Crippen MR) is 146 cm³/mol. The summed E-state index contributed by atoms with van der Waals surface area (Å²) < 4.78 is 46.3. The molecule has 1 N–H and O–H groups in total. The molecule has 1 fully saturated rings. The number of anilines is 2. The topological polar surface area (TPSA) is 84.7 Å². The zero-order chi connectivity index (χ0) is 28.3. The largest absolute Gasteiger partial charge is 0.455 e. The molecule has 40 heavy (non-hydrogen) atoms. The number of nitro benzene ring substituents is 1. The van der Waals surface area contributed by atoms with Crippen molar-refractivity contribution in [2.45, 2.75) is 19.0 Å². The van der Waals surface area contributed by atoms with E-state index in [0.29, 0.717) is 24.5 Å². The molecule has 10 heteroatoms. The second kappa shape index (κ2) is 11.1. The molecule has 0 unspecified atom stereocenters. The number of nitrogens with one attached hydrogen (secondary N) is 1. The summed E-state index contributed by atoms with van der Waals surface area (Å²) in [4.78, 5) is 26.2. The Balaban J connectivity index is 1.42. The van der Waals surface area contributed by atoms with Gasteiger partial charge in [-0.3, -0.25) is 14.9 Å². The Bertz CT molecular complexity index is 1530. The van der Waals surface area contributed by atoms with Crippen LogP contribution in [-0.2, 0) is 6.18 Å². The van der Waals surface area contributed by atoms with Crippen molar-refractivity contribution in [3.05, 3.63) is 112 Å². The Labute approximate surface area is 228 Å². The lowest BCUT2D eigenvalue weighted by atomic mass is 10.1. The number of benzene rings is 4. The number of carbonyl (C=O) groups excluding carboxylic acids is 1. The molecule has 1 heterocycles. The number of ether oxygens (including phenoxy) is 1. The lowest BCUT2D eigenvalue weighted by Gasteiger charge is -2.18. The number of carbonyl (C=O) groups is 1. The highest BCUT2D eigenvalue weighted by atomic mass is 19.4. The van der Waals surface area contributed by atoms with Gasteiger partial charge in [-0.15, -0.1) is 0 Å². The van der Waals surface area contributed by atoms with Crippen LogP contribution in [0.15, 0.2) is 91.0 Å². The number of rotatable bonds is 7. The molecule has 0 saturated carbocycles. The zero-order valence-corrected chi connectivity index (χ0v) is 21.1. The summed E-state index contributed by atoms with van der Waals surface area (Å²) in [5.41, 5.74) is 0.803. The molecule has 7 nitrogen and oxygen atoms in total. The highest BCUT2D eigenvalue weighted by molar-refractivity contribution is 6.06. The molecule has 5 rings (SSSR count). The fourth-order valence-electron chi connectivity index (χ4n) is 4.60. The molecule has 4 aromatic carbocycles. The van der Waals surface area contributed by atoms with E-state index in [1.165, 1.54) is 12.1 Å². The lowest BCUT2D eigenvalue weighted by molar-refractivity contribution is -0.384. The maximum Gasteiger partial charge on any atom is 0.416 e. The Kier molecular flexibility index (Phi) is 7.41. The van der Waals surface area contributed by atoms with Crippen molar-refractivity contribution in [1.29, 1.82) is 0 Å². The maximum absolute atomic E-state index is 13.5. The van der Waals surface area contributed by atoms with Crippen LogP contribution in [-0.4, -0.2) is 23.9 Å². The van der Waals surface area contributed by atoms with Crippen molar-refractivity contribution in [1.82, 2.24) is 0 Å². The van der Waals surface area contributed by atoms with Crippen LogP contribution in [0.5, 0.6) is 11.5 Å². The summed E-state index contributed by atoms with van der Waals surface area (Å²) in [6.07, 6.45) is -2.84. The fraction of sp³-hybridized carbons (Fsp3) is 0.167. The summed E-state index contributed by atoms with van der Waals surface area (Å²) in [7, 11) is 0. The van der Waals surface area contributed by atoms with E-state index in [0.717, 1.165) is 48.2 Å². The fourth-order valence-corrected chi connectivity index (χ4v) is 4.60. The number of nitrogens with zero attached hydrogens (tertiary/aromatic N) is 2. The van der Waals surface area contributed by atoms with Crippen molar-refractivity contribution in [3.63, 3.8) is 0 Å². The van der Waals surface area contributed by atoms with Crippen molar-refractivity contribution in [2.75, 3.05) is 23.3 Å². The molecular weight excluding hydrogens is 523 g/mol. The minimum atomic E-state index is -4.66. The monoisotopic (exact) mass is 547 g/mol. The van der Waals surface area contributed by atoms with Gasteiger partial charge in [0.1, 0.15) is 11.4 Å². The number of nitro groups is 1. The summed E-state index contributed by atoms with van der Waals surface area (Å²) >= 11 is 0. The zero-order valence-electron chi connectivity index (χ0n) is 21.1. The van der Waals surface area contributed by atoms with Crippen molar-refractivity contribution in [3.8, 4) is 22.6 Å². The second-order valence-electron chi connectivity index (χ2n) is 9.31. The van der Waals surface area contributed by atoms with Crippen molar-refractivity contribution >= 4 is 23.0 Å². The van der Waals surface area contributed by atoms with Gasteiger partial charge in [0.05, 0.1) is 16.2 Å². The first-order valence-corrected chi connectivity index (χ1v) is 12.6. The summed E-state index contributed by atoms with van der Waals surface area (Å²) in [5, 5.41) is 14.2. The SMILES string of the molecule is O=C(Nc1cc(C(F)(F)F)ccc1Oc1ccc(-c2ccccc2)cc1)c1ccc(N2CCCC2)c([N+](=O)[O-])c1. The third kappa shape index (κ3) is 5.90. The molecule has 0 spiro atoms. The quantitative estimate of drug-likeness (QED) is 0.188. The molecule has 1 amide bonds. The molecule has 1 aliphatic rings. The van der Waals surface area contributed by atoms with Crippen LogP contribution in [0.3, 0.4) is 0 Å². The lowest BCUT2D eigenvalue weighted by Crippen LogP contribution is -2.20. The van der Waals surface area contributed by atoms with E-state index in [2.05, 4.69) is 5.32 Å². The summed E-state index contributed by atoms with van der Waals surface area (Å²) in [5.74, 6) is -0.475. The van der Waals surface area contributed by atoms with Crippen LogP contribution >= 0.6 is 0 Å². The Morgan fingerprint density at radius 2 is 1.55 bits per heavy atom. The molecule has 0 radical (unpaired) electrons. The molecule has 1 aliphatic heterocycles. The predicted octanol–water partition coefficient (Wildman–Crippen LogP) is 7.93. The Hall–Kier alpha value is -4.86. The van der Waals surface area contributed by atoms with Gasteiger partial charge in [-0.25, -0.2) is 0 Å². The van der Waals surface area contributed by atoms with E-state index < -0.39 is 22.6 Å². The average molecular weight is 548 g/mol. The third-order valence-corrected chi connectivity index (χ3v) is 6.63. The van der Waals surface area contributed by atoms with Gasteiger partial charge in [0.2, 0.25) is 0 Å². The Morgan fingerprint density at radius 1 is 0.875 bits per heavy atom. The van der Waals surface area contributed by atoms with Gasteiger partial charge in [-0.1, -0.05) is 42.5 Å². The van der Waals surface area contributed by atoms with Crippen molar-refractivity contribution in [2.24, 2.45) is 0 Å². The molecule has 0 bridgehead atoms. The smallest absolute Gasteiger partial charge is 0.416 e. The van der Waals surface area contributed by atoms with Crippen LogP contribution in [0.25, 0.3) is 11.1 Å². The van der Waals surface area contributed by atoms with Crippen LogP contribution in [0.2, 0.25) is 0 Å². The molecule has 1 saturated heterocycles. The third-order valence-electron chi connectivity index (χ3n) is 6.63. The number of hydrogen-bond donors (Lipinski definition) is 1. The molecule has 0 atom stereocenters. The van der Waals surface area contributed by atoms with Crippen LogP contribution in [0.1, 0.15) is 28.8 Å². The molecule has 204 valence electrons. The van der Waals surface area contributed by atoms with Gasteiger partial charge in [-0.2, -0.15) is 13.2 Å². The number of hydrogen-bond acceptors (Lipinski definition) is 5. The first-order valence-electron chi connectivity index (χ1n) is 12.6. The van der Waals surface area contributed by atoms with Gasteiger partial charge in [-0.05, 0) is 66.4 Å².